The molecule has 0 aliphatic heterocycles. The van der Waals surface area contributed by atoms with Crippen molar-refractivity contribution < 1.29 is 13.2 Å². The van der Waals surface area contributed by atoms with Crippen LogP contribution in [-0.4, -0.2) is 19.6 Å². The Labute approximate surface area is 188 Å². The van der Waals surface area contributed by atoms with Crippen LogP contribution in [0.5, 0.6) is 0 Å². The van der Waals surface area contributed by atoms with Gasteiger partial charge < -0.3 is 5.32 Å². The fourth-order valence-corrected chi connectivity index (χ4v) is 4.85. The number of carbonyl (C=O) groups excluding carboxylic acids is 1. The summed E-state index contributed by atoms with van der Waals surface area (Å²) in [7, 11) is -3.72. The van der Waals surface area contributed by atoms with Crippen molar-refractivity contribution in [3.8, 4) is 0 Å². The van der Waals surface area contributed by atoms with Gasteiger partial charge in [0.25, 0.3) is 10.0 Å². The van der Waals surface area contributed by atoms with E-state index >= 15 is 0 Å². The van der Waals surface area contributed by atoms with Crippen molar-refractivity contribution in [1.29, 1.82) is 0 Å². The Hall–Kier alpha value is -2.77. The number of carbonyl (C=O) groups is 1. The third-order valence-corrected chi connectivity index (χ3v) is 7.38. The molecule has 0 saturated carbocycles. The molecular weight excluding hydrogens is 428 g/mol. The second-order valence-corrected chi connectivity index (χ2v) is 10.4. The lowest BCUT2D eigenvalue weighted by molar-refractivity contribution is -0.115. The van der Waals surface area contributed by atoms with E-state index in [1.807, 2.05) is 63.2 Å². The van der Waals surface area contributed by atoms with Crippen LogP contribution in [0.1, 0.15) is 23.6 Å². The van der Waals surface area contributed by atoms with E-state index in [0.717, 1.165) is 22.4 Å². The lowest BCUT2D eigenvalue weighted by atomic mass is 10.1. The van der Waals surface area contributed by atoms with Crippen molar-refractivity contribution in [3.05, 3.63) is 89.5 Å². The summed E-state index contributed by atoms with van der Waals surface area (Å²) in [6, 6.07) is 21.8. The number of hydrogen-bond donors (Lipinski definition) is 2. The average molecular weight is 455 g/mol. The summed E-state index contributed by atoms with van der Waals surface area (Å²) < 4.78 is 28.1. The molecule has 0 spiro atoms. The summed E-state index contributed by atoms with van der Waals surface area (Å²) in [6.07, 6.45) is 0. The number of anilines is 2. The second-order valence-electron chi connectivity index (χ2n) is 7.38. The van der Waals surface area contributed by atoms with Crippen molar-refractivity contribution in [1.82, 2.24) is 0 Å². The molecule has 31 heavy (non-hydrogen) atoms. The minimum atomic E-state index is -3.72. The van der Waals surface area contributed by atoms with Gasteiger partial charge >= 0.3 is 0 Å². The summed E-state index contributed by atoms with van der Waals surface area (Å²) >= 11 is 1.55. The van der Waals surface area contributed by atoms with E-state index in [-0.39, 0.29) is 16.1 Å². The standard InChI is InChI=1S/C24H26N2O3S2/c1-17-9-10-18(2)23(15-17)26-31(28,29)22-13-11-21(12-14-22)25-24(27)19(3)30-16-20-7-5-4-6-8-20/h4-15,19,26H,16H2,1-3H3,(H,25,27)/t19-/m1/s1. The summed E-state index contributed by atoms with van der Waals surface area (Å²) in [5, 5.41) is 2.61. The van der Waals surface area contributed by atoms with E-state index in [9.17, 15) is 13.2 Å². The van der Waals surface area contributed by atoms with Crippen LogP contribution in [0.15, 0.2) is 77.7 Å². The van der Waals surface area contributed by atoms with Crippen LogP contribution in [-0.2, 0) is 20.6 Å². The minimum absolute atomic E-state index is 0.120. The molecule has 0 saturated heterocycles. The highest BCUT2D eigenvalue weighted by Crippen LogP contribution is 2.23. The third-order valence-electron chi connectivity index (χ3n) is 4.78. The third kappa shape index (κ3) is 6.35. The zero-order valence-electron chi connectivity index (χ0n) is 17.8. The van der Waals surface area contributed by atoms with Crippen LogP contribution in [0.4, 0.5) is 11.4 Å². The second kappa shape index (κ2) is 10.0. The molecule has 1 amide bonds. The van der Waals surface area contributed by atoms with Gasteiger partial charge in [-0.3, -0.25) is 9.52 Å². The number of benzene rings is 3. The summed E-state index contributed by atoms with van der Waals surface area (Å²) in [4.78, 5) is 12.6. The topological polar surface area (TPSA) is 75.3 Å². The number of sulfonamides is 1. The van der Waals surface area contributed by atoms with E-state index in [2.05, 4.69) is 10.0 Å². The van der Waals surface area contributed by atoms with Crippen LogP contribution in [0.3, 0.4) is 0 Å². The van der Waals surface area contributed by atoms with Crippen LogP contribution >= 0.6 is 11.8 Å². The van der Waals surface area contributed by atoms with Gasteiger partial charge in [0.05, 0.1) is 15.8 Å². The Kier molecular flexibility index (Phi) is 7.41. The van der Waals surface area contributed by atoms with Crippen LogP contribution in [0.25, 0.3) is 0 Å². The van der Waals surface area contributed by atoms with Gasteiger partial charge in [0.15, 0.2) is 0 Å². The molecule has 2 N–H and O–H groups in total. The van der Waals surface area contributed by atoms with Crippen LogP contribution in [0.2, 0.25) is 0 Å². The average Bonchev–Trinajstić information content (AvgIpc) is 2.75. The molecule has 0 aliphatic carbocycles. The van der Waals surface area contributed by atoms with Crippen molar-refractivity contribution in [2.45, 2.75) is 36.7 Å². The Morgan fingerprint density at radius 2 is 1.65 bits per heavy atom. The zero-order valence-corrected chi connectivity index (χ0v) is 19.4. The fourth-order valence-electron chi connectivity index (χ4n) is 2.88. The monoisotopic (exact) mass is 454 g/mol. The highest BCUT2D eigenvalue weighted by atomic mass is 32.2. The maximum absolute atomic E-state index is 12.7. The van der Waals surface area contributed by atoms with Gasteiger partial charge in [-0.2, -0.15) is 0 Å². The van der Waals surface area contributed by atoms with E-state index in [1.54, 1.807) is 30.0 Å². The number of hydrogen-bond acceptors (Lipinski definition) is 4. The van der Waals surface area contributed by atoms with Crippen LogP contribution in [0, 0.1) is 13.8 Å². The number of thioether (sulfide) groups is 1. The normalized spacial score (nSPS) is 12.2. The van der Waals surface area contributed by atoms with Crippen molar-refractivity contribution in [2.24, 2.45) is 0 Å². The zero-order chi connectivity index (χ0) is 22.4. The Morgan fingerprint density at radius 1 is 0.968 bits per heavy atom. The van der Waals surface area contributed by atoms with Crippen LogP contribution < -0.4 is 10.0 Å². The van der Waals surface area contributed by atoms with E-state index in [1.165, 1.54) is 12.1 Å². The first-order chi connectivity index (χ1) is 14.7. The minimum Gasteiger partial charge on any atom is -0.325 e. The molecule has 0 aromatic heterocycles. The molecule has 3 aromatic carbocycles. The molecule has 162 valence electrons. The molecular formula is C24H26N2O3S2. The number of amides is 1. The smallest absolute Gasteiger partial charge is 0.261 e. The number of rotatable bonds is 8. The number of aryl methyl sites for hydroxylation is 2. The first kappa shape index (κ1) is 22.9. The number of nitrogens with one attached hydrogen (secondary N) is 2. The summed E-state index contributed by atoms with van der Waals surface area (Å²) in [5.74, 6) is 0.626. The van der Waals surface area contributed by atoms with Gasteiger partial charge in [-0.25, -0.2) is 8.42 Å². The highest BCUT2D eigenvalue weighted by Gasteiger charge is 2.17. The fraction of sp³-hybridized carbons (Fsp3) is 0.208. The first-order valence-electron chi connectivity index (χ1n) is 9.91. The SMILES string of the molecule is Cc1ccc(C)c(NS(=O)(=O)c2ccc(NC(=O)[C@@H](C)SCc3ccccc3)cc2)c1. The van der Waals surface area contributed by atoms with Crippen molar-refractivity contribution in [2.75, 3.05) is 10.0 Å². The first-order valence-corrected chi connectivity index (χ1v) is 12.4. The highest BCUT2D eigenvalue weighted by molar-refractivity contribution is 7.99. The van der Waals surface area contributed by atoms with E-state index in [0.29, 0.717) is 11.4 Å². The maximum Gasteiger partial charge on any atom is 0.261 e. The van der Waals surface area contributed by atoms with Gasteiger partial charge in [0, 0.05) is 11.4 Å². The van der Waals surface area contributed by atoms with E-state index in [4.69, 9.17) is 0 Å². The predicted molar refractivity (Wildman–Crippen MR) is 129 cm³/mol. The molecule has 0 aliphatic rings. The predicted octanol–water partition coefficient (Wildman–Crippen LogP) is 5.36. The molecule has 0 unspecified atom stereocenters. The molecule has 0 fully saturated rings. The molecule has 3 aromatic rings. The molecule has 0 bridgehead atoms. The van der Waals surface area contributed by atoms with Crippen molar-refractivity contribution >= 4 is 39.1 Å². The van der Waals surface area contributed by atoms with Gasteiger partial charge in [-0.1, -0.05) is 42.5 Å². The largest absolute Gasteiger partial charge is 0.325 e. The molecule has 0 heterocycles. The lowest BCUT2D eigenvalue weighted by Crippen LogP contribution is -2.22. The van der Waals surface area contributed by atoms with Gasteiger partial charge in [-0.15, -0.1) is 11.8 Å². The quantitative estimate of drug-likeness (QED) is 0.480. The molecule has 3 rings (SSSR count). The van der Waals surface area contributed by atoms with E-state index < -0.39 is 10.0 Å². The molecule has 0 radical (unpaired) electrons. The van der Waals surface area contributed by atoms with Gasteiger partial charge in [0.1, 0.15) is 0 Å². The summed E-state index contributed by atoms with van der Waals surface area (Å²) in [5.41, 5.74) is 4.10. The van der Waals surface area contributed by atoms with Crippen molar-refractivity contribution in [3.63, 3.8) is 0 Å². The van der Waals surface area contributed by atoms with Gasteiger partial charge in [0.2, 0.25) is 5.91 Å². The summed E-state index contributed by atoms with van der Waals surface area (Å²) in [6.45, 7) is 5.62. The Morgan fingerprint density at radius 3 is 2.32 bits per heavy atom. The molecule has 1 atom stereocenters. The maximum atomic E-state index is 12.7. The molecule has 5 nitrogen and oxygen atoms in total. The Bertz CT molecular complexity index is 1150. The lowest BCUT2D eigenvalue weighted by Gasteiger charge is -2.14. The molecule has 7 heteroatoms. The Balaban J connectivity index is 1.61. The van der Waals surface area contributed by atoms with Gasteiger partial charge in [-0.05, 0) is 67.8 Å².